The molecule has 21 heavy (non-hydrogen) atoms. The lowest BCUT2D eigenvalue weighted by atomic mass is 10.1. The van der Waals surface area contributed by atoms with Gasteiger partial charge in [-0.2, -0.15) is 19.0 Å². The smallest absolute Gasteiger partial charge is 0.306 e. The summed E-state index contributed by atoms with van der Waals surface area (Å²) in [4.78, 5) is 0. The summed E-state index contributed by atoms with van der Waals surface area (Å²) < 4.78 is 27.8. The molecule has 118 valence electrons. The summed E-state index contributed by atoms with van der Waals surface area (Å²) in [6, 6.07) is 3.62. The van der Waals surface area contributed by atoms with E-state index in [1.807, 2.05) is 17.8 Å². The second-order valence-electron chi connectivity index (χ2n) is 4.99. The molecular weight excluding hydrogens is 300 g/mol. The maximum absolute atomic E-state index is 12.6. The highest BCUT2D eigenvalue weighted by Crippen LogP contribution is 2.14. The van der Waals surface area contributed by atoms with Gasteiger partial charge in [-0.1, -0.05) is 13.8 Å². The van der Waals surface area contributed by atoms with E-state index in [4.69, 9.17) is 0 Å². The van der Waals surface area contributed by atoms with Gasteiger partial charge in [0, 0.05) is 26.3 Å². The quantitative estimate of drug-likeness (QED) is 0.890. The SMILES string of the molecule is CC(C)c1cc(CNCc2ccnn2C(F)F)n(C)n1.Cl. The molecule has 2 rings (SSSR count). The zero-order valence-electron chi connectivity index (χ0n) is 12.3. The van der Waals surface area contributed by atoms with E-state index in [0.29, 0.717) is 24.7 Å². The number of rotatable bonds is 6. The van der Waals surface area contributed by atoms with E-state index < -0.39 is 6.55 Å². The molecule has 0 amide bonds. The van der Waals surface area contributed by atoms with Crippen molar-refractivity contribution in [2.75, 3.05) is 0 Å². The number of aryl methyl sites for hydroxylation is 1. The fourth-order valence-electron chi connectivity index (χ4n) is 1.95. The molecule has 0 aliphatic rings. The molecule has 0 radical (unpaired) electrons. The van der Waals surface area contributed by atoms with Crippen LogP contribution in [-0.2, 0) is 20.1 Å². The van der Waals surface area contributed by atoms with Gasteiger partial charge in [-0.15, -0.1) is 12.4 Å². The monoisotopic (exact) mass is 319 g/mol. The first kappa shape index (κ1) is 17.6. The first-order valence-electron chi connectivity index (χ1n) is 6.53. The first-order chi connectivity index (χ1) is 9.49. The van der Waals surface area contributed by atoms with Crippen LogP contribution in [0, 0.1) is 0 Å². The number of halogens is 3. The van der Waals surface area contributed by atoms with E-state index >= 15 is 0 Å². The highest BCUT2D eigenvalue weighted by atomic mass is 35.5. The summed E-state index contributed by atoms with van der Waals surface area (Å²) in [5.74, 6) is 0.371. The standard InChI is InChI=1S/C13H19F2N5.ClH/c1-9(2)12-6-11(19(3)18-12)8-16-7-10-4-5-17-20(10)13(14)15;/h4-6,9,13,16H,7-8H2,1-3H3;1H. The van der Waals surface area contributed by atoms with Crippen molar-refractivity contribution in [1.82, 2.24) is 24.9 Å². The summed E-state index contributed by atoms with van der Waals surface area (Å²) in [5, 5.41) is 11.1. The van der Waals surface area contributed by atoms with Crippen molar-refractivity contribution in [3.05, 3.63) is 35.4 Å². The fourth-order valence-corrected chi connectivity index (χ4v) is 1.95. The third-order valence-electron chi connectivity index (χ3n) is 3.14. The molecule has 1 N–H and O–H groups in total. The van der Waals surface area contributed by atoms with Crippen LogP contribution in [0.3, 0.4) is 0 Å². The van der Waals surface area contributed by atoms with Crippen molar-refractivity contribution in [2.45, 2.75) is 39.4 Å². The summed E-state index contributed by atoms with van der Waals surface area (Å²) in [5.41, 5.74) is 2.52. The Labute approximate surface area is 128 Å². The number of nitrogens with one attached hydrogen (secondary N) is 1. The van der Waals surface area contributed by atoms with Crippen LogP contribution in [0.15, 0.2) is 18.3 Å². The van der Waals surface area contributed by atoms with Crippen LogP contribution in [0.25, 0.3) is 0 Å². The zero-order chi connectivity index (χ0) is 14.7. The Balaban J connectivity index is 0.00000220. The fraction of sp³-hybridized carbons (Fsp3) is 0.538. The van der Waals surface area contributed by atoms with Crippen molar-refractivity contribution >= 4 is 12.4 Å². The third-order valence-corrected chi connectivity index (χ3v) is 3.14. The highest BCUT2D eigenvalue weighted by molar-refractivity contribution is 5.85. The van der Waals surface area contributed by atoms with Crippen molar-refractivity contribution < 1.29 is 8.78 Å². The topological polar surface area (TPSA) is 47.7 Å². The molecule has 0 bridgehead atoms. The minimum Gasteiger partial charge on any atom is -0.306 e. The van der Waals surface area contributed by atoms with Crippen molar-refractivity contribution in [3.8, 4) is 0 Å². The second-order valence-corrected chi connectivity index (χ2v) is 4.99. The van der Waals surface area contributed by atoms with Gasteiger partial charge in [0.2, 0.25) is 0 Å². The molecule has 8 heteroatoms. The number of hydrogen-bond donors (Lipinski definition) is 1. The summed E-state index contributed by atoms with van der Waals surface area (Å²) in [7, 11) is 1.88. The van der Waals surface area contributed by atoms with E-state index in [2.05, 4.69) is 29.4 Å². The number of hydrogen-bond acceptors (Lipinski definition) is 3. The lowest BCUT2D eigenvalue weighted by Crippen LogP contribution is -2.18. The zero-order valence-corrected chi connectivity index (χ0v) is 13.1. The largest absolute Gasteiger partial charge is 0.333 e. The van der Waals surface area contributed by atoms with Gasteiger partial charge in [0.05, 0.1) is 17.1 Å². The van der Waals surface area contributed by atoms with E-state index in [9.17, 15) is 8.78 Å². The van der Waals surface area contributed by atoms with Gasteiger partial charge in [0.25, 0.3) is 0 Å². The molecular formula is C13H20ClF2N5. The van der Waals surface area contributed by atoms with Crippen molar-refractivity contribution in [2.24, 2.45) is 7.05 Å². The molecule has 0 atom stereocenters. The van der Waals surface area contributed by atoms with E-state index in [0.717, 1.165) is 16.1 Å². The first-order valence-corrected chi connectivity index (χ1v) is 6.53. The summed E-state index contributed by atoms with van der Waals surface area (Å²) in [6.07, 6.45) is 1.38. The Hall–Kier alpha value is -1.47. The van der Waals surface area contributed by atoms with Gasteiger partial charge < -0.3 is 5.32 Å². The Morgan fingerprint density at radius 3 is 2.48 bits per heavy atom. The predicted molar refractivity (Wildman–Crippen MR) is 78.6 cm³/mol. The Morgan fingerprint density at radius 2 is 1.90 bits per heavy atom. The molecule has 0 aliphatic heterocycles. The van der Waals surface area contributed by atoms with Gasteiger partial charge >= 0.3 is 6.55 Å². The van der Waals surface area contributed by atoms with E-state index in [1.54, 1.807) is 6.07 Å². The Kier molecular flexibility index (Phi) is 6.29. The maximum Gasteiger partial charge on any atom is 0.333 e. The average Bonchev–Trinajstić information content (AvgIpc) is 2.97. The number of alkyl halides is 2. The van der Waals surface area contributed by atoms with Crippen LogP contribution in [0.4, 0.5) is 8.78 Å². The van der Waals surface area contributed by atoms with Crippen molar-refractivity contribution in [3.63, 3.8) is 0 Å². The molecule has 0 fully saturated rings. The average molecular weight is 320 g/mol. The number of aromatic nitrogens is 4. The molecule has 0 aliphatic carbocycles. The van der Waals surface area contributed by atoms with Crippen LogP contribution < -0.4 is 5.32 Å². The molecule has 0 unspecified atom stereocenters. The van der Waals surface area contributed by atoms with Crippen LogP contribution in [0.5, 0.6) is 0 Å². The Morgan fingerprint density at radius 1 is 1.24 bits per heavy atom. The van der Waals surface area contributed by atoms with Crippen LogP contribution in [-0.4, -0.2) is 19.6 Å². The van der Waals surface area contributed by atoms with Gasteiger partial charge in [-0.25, -0.2) is 4.68 Å². The minimum absolute atomic E-state index is 0. The maximum atomic E-state index is 12.6. The van der Waals surface area contributed by atoms with Crippen LogP contribution in [0.1, 0.15) is 43.4 Å². The lowest BCUT2D eigenvalue weighted by molar-refractivity contribution is 0.0531. The van der Waals surface area contributed by atoms with E-state index in [-0.39, 0.29) is 12.4 Å². The van der Waals surface area contributed by atoms with Gasteiger partial charge in [0.15, 0.2) is 0 Å². The van der Waals surface area contributed by atoms with Crippen molar-refractivity contribution in [1.29, 1.82) is 0 Å². The molecule has 2 aromatic rings. The van der Waals surface area contributed by atoms with Crippen LogP contribution in [0.2, 0.25) is 0 Å². The molecule has 2 aromatic heterocycles. The van der Waals surface area contributed by atoms with Gasteiger partial charge in [0.1, 0.15) is 0 Å². The van der Waals surface area contributed by atoms with Gasteiger partial charge in [-0.3, -0.25) is 4.68 Å². The third kappa shape index (κ3) is 4.25. The van der Waals surface area contributed by atoms with Crippen LogP contribution >= 0.6 is 12.4 Å². The summed E-state index contributed by atoms with van der Waals surface area (Å²) >= 11 is 0. The molecule has 0 saturated heterocycles. The predicted octanol–water partition coefficient (Wildman–Crippen LogP) is 2.85. The number of nitrogens with zero attached hydrogens (tertiary/aromatic N) is 4. The molecule has 5 nitrogen and oxygen atoms in total. The molecule has 0 saturated carbocycles. The van der Waals surface area contributed by atoms with Gasteiger partial charge in [-0.05, 0) is 18.1 Å². The summed E-state index contributed by atoms with van der Waals surface area (Å²) in [6.45, 7) is 2.48. The van der Waals surface area contributed by atoms with E-state index in [1.165, 1.54) is 6.20 Å². The molecule has 2 heterocycles. The lowest BCUT2D eigenvalue weighted by Gasteiger charge is -2.07. The Bertz CT molecular complexity index is 565. The molecule has 0 aromatic carbocycles. The highest BCUT2D eigenvalue weighted by Gasteiger charge is 2.12. The minimum atomic E-state index is -2.61. The second kappa shape index (κ2) is 7.51. The normalized spacial score (nSPS) is 11.2. The molecule has 0 spiro atoms.